The Kier molecular flexibility index (Phi) is 5.96. The fraction of sp³-hybridized carbons (Fsp3) is 0.611. The van der Waals surface area contributed by atoms with Crippen molar-refractivity contribution >= 4 is 28.8 Å². The van der Waals surface area contributed by atoms with Crippen molar-refractivity contribution in [2.45, 2.75) is 44.2 Å². The molecule has 0 radical (unpaired) electrons. The molecule has 0 N–H and O–H groups in total. The molecule has 0 spiro atoms. The summed E-state index contributed by atoms with van der Waals surface area (Å²) in [4.78, 5) is 23.7. The molecule has 2 aromatic rings. The second-order valence-corrected chi connectivity index (χ2v) is 7.62. The lowest BCUT2D eigenvalue weighted by Crippen LogP contribution is -2.14. The number of carbonyl (C=O) groups is 1. The van der Waals surface area contributed by atoms with Gasteiger partial charge in [-0.25, -0.2) is 14.8 Å². The second-order valence-electron chi connectivity index (χ2n) is 6.53. The van der Waals surface area contributed by atoms with E-state index < -0.39 is 0 Å². The molecule has 0 aliphatic carbocycles. The van der Waals surface area contributed by atoms with Gasteiger partial charge in [-0.05, 0) is 53.2 Å². The largest absolute Gasteiger partial charge is 0.462 e. The topological polar surface area (TPSA) is 60.2 Å². The maximum atomic E-state index is 12.5. The molecule has 7 heteroatoms. The van der Waals surface area contributed by atoms with Crippen LogP contribution in [-0.2, 0) is 17.7 Å². The summed E-state index contributed by atoms with van der Waals surface area (Å²) in [6.45, 7) is 4.19. The highest BCUT2D eigenvalue weighted by Crippen LogP contribution is 2.34. The predicted octanol–water partition coefficient (Wildman–Crippen LogP) is 2.99. The van der Waals surface area contributed by atoms with Gasteiger partial charge in [0.2, 0.25) is 0 Å². The molecular weight excluding hydrogens is 336 g/mol. The summed E-state index contributed by atoms with van der Waals surface area (Å²) in [7, 11) is 4.17. The minimum atomic E-state index is -0.259. The molecule has 0 unspecified atom stereocenters. The van der Waals surface area contributed by atoms with Crippen LogP contribution in [0.3, 0.4) is 0 Å². The van der Waals surface area contributed by atoms with Crippen LogP contribution in [0, 0.1) is 0 Å². The van der Waals surface area contributed by atoms with Crippen molar-refractivity contribution in [1.29, 1.82) is 0 Å². The van der Waals surface area contributed by atoms with Crippen molar-refractivity contribution in [3.05, 3.63) is 17.6 Å². The van der Waals surface area contributed by atoms with Crippen LogP contribution in [0.2, 0.25) is 0 Å². The van der Waals surface area contributed by atoms with Crippen molar-refractivity contribution in [3.8, 4) is 0 Å². The van der Waals surface area contributed by atoms with Gasteiger partial charge in [0.05, 0.1) is 6.61 Å². The minimum Gasteiger partial charge on any atom is -0.462 e. The fourth-order valence-electron chi connectivity index (χ4n) is 3.34. The SMILES string of the molecule is CCOC(=O)c1c2n(c3c(SCCCN(C)C)ncnc13)CCCC2. The van der Waals surface area contributed by atoms with Crippen LogP contribution < -0.4 is 0 Å². The van der Waals surface area contributed by atoms with Gasteiger partial charge in [0.1, 0.15) is 28.0 Å². The van der Waals surface area contributed by atoms with E-state index in [0.717, 1.165) is 66.3 Å². The Hall–Kier alpha value is -1.60. The molecule has 0 saturated carbocycles. The lowest BCUT2D eigenvalue weighted by molar-refractivity contribution is 0.0526. The molecule has 3 heterocycles. The summed E-state index contributed by atoms with van der Waals surface area (Å²) in [6.07, 6.45) is 5.79. The van der Waals surface area contributed by atoms with Gasteiger partial charge in [-0.1, -0.05) is 0 Å². The molecular formula is C18H26N4O2S. The number of hydrogen-bond donors (Lipinski definition) is 0. The number of fused-ring (bicyclic) bond motifs is 3. The van der Waals surface area contributed by atoms with Crippen LogP contribution in [0.25, 0.3) is 11.0 Å². The average molecular weight is 362 g/mol. The summed E-state index contributed by atoms with van der Waals surface area (Å²) in [5.41, 5.74) is 3.47. The number of rotatable bonds is 7. The van der Waals surface area contributed by atoms with Crippen molar-refractivity contribution in [2.75, 3.05) is 33.0 Å². The highest BCUT2D eigenvalue weighted by atomic mass is 32.2. The van der Waals surface area contributed by atoms with E-state index in [1.807, 2.05) is 6.92 Å². The molecule has 136 valence electrons. The number of nitrogens with zero attached hydrogens (tertiary/aromatic N) is 4. The third-order valence-corrected chi connectivity index (χ3v) is 5.49. The standard InChI is InChI=1S/C18H26N4O2S/c1-4-24-18(23)14-13-8-5-6-10-22(13)16-15(14)19-12-20-17(16)25-11-7-9-21(2)3/h12H,4-11H2,1-3H3. The van der Waals surface area contributed by atoms with Crippen LogP contribution in [0.4, 0.5) is 0 Å². The summed E-state index contributed by atoms with van der Waals surface area (Å²) in [5, 5.41) is 0.974. The molecule has 0 saturated heterocycles. The first-order valence-corrected chi connectivity index (χ1v) is 9.92. The quantitative estimate of drug-likeness (QED) is 0.327. The van der Waals surface area contributed by atoms with Crippen molar-refractivity contribution < 1.29 is 9.53 Å². The van der Waals surface area contributed by atoms with Gasteiger partial charge in [-0.3, -0.25) is 0 Å². The number of hydrogen-bond acceptors (Lipinski definition) is 6. The van der Waals surface area contributed by atoms with Crippen LogP contribution >= 0.6 is 11.8 Å². The Morgan fingerprint density at radius 2 is 2.20 bits per heavy atom. The Bertz CT molecular complexity index is 757. The lowest BCUT2D eigenvalue weighted by atomic mass is 10.1. The Morgan fingerprint density at radius 3 is 2.96 bits per heavy atom. The lowest BCUT2D eigenvalue weighted by Gasteiger charge is -2.17. The maximum Gasteiger partial charge on any atom is 0.342 e. The van der Waals surface area contributed by atoms with Gasteiger partial charge in [0.15, 0.2) is 0 Å². The molecule has 25 heavy (non-hydrogen) atoms. The molecule has 0 bridgehead atoms. The van der Waals surface area contributed by atoms with Gasteiger partial charge < -0.3 is 14.2 Å². The first-order chi connectivity index (χ1) is 12.1. The van der Waals surface area contributed by atoms with Crippen molar-refractivity contribution in [1.82, 2.24) is 19.4 Å². The smallest absolute Gasteiger partial charge is 0.342 e. The summed E-state index contributed by atoms with van der Waals surface area (Å²) >= 11 is 1.75. The van der Waals surface area contributed by atoms with E-state index in [2.05, 4.69) is 33.5 Å². The number of thioether (sulfide) groups is 1. The van der Waals surface area contributed by atoms with Crippen molar-refractivity contribution in [3.63, 3.8) is 0 Å². The van der Waals surface area contributed by atoms with E-state index in [1.54, 1.807) is 18.1 Å². The van der Waals surface area contributed by atoms with Gasteiger partial charge in [0, 0.05) is 18.0 Å². The first kappa shape index (κ1) is 18.2. The highest BCUT2D eigenvalue weighted by molar-refractivity contribution is 7.99. The number of esters is 1. The van der Waals surface area contributed by atoms with Crippen LogP contribution in [0.15, 0.2) is 11.4 Å². The molecule has 0 amide bonds. The van der Waals surface area contributed by atoms with E-state index in [9.17, 15) is 4.79 Å². The second kappa shape index (κ2) is 8.19. The van der Waals surface area contributed by atoms with Crippen LogP contribution in [-0.4, -0.2) is 58.4 Å². The summed E-state index contributed by atoms with van der Waals surface area (Å²) in [5.74, 6) is 0.741. The third-order valence-electron chi connectivity index (χ3n) is 4.42. The zero-order valence-corrected chi connectivity index (χ0v) is 16.1. The third kappa shape index (κ3) is 3.82. The average Bonchev–Trinajstić information content (AvgIpc) is 2.94. The fourth-order valence-corrected chi connectivity index (χ4v) is 4.27. The molecule has 1 aliphatic rings. The van der Waals surface area contributed by atoms with E-state index in [4.69, 9.17) is 4.74 Å². The molecule has 0 fully saturated rings. The first-order valence-electron chi connectivity index (χ1n) is 8.94. The summed E-state index contributed by atoms with van der Waals surface area (Å²) < 4.78 is 7.55. The number of aromatic nitrogens is 3. The zero-order valence-electron chi connectivity index (χ0n) is 15.2. The molecule has 3 rings (SSSR count). The van der Waals surface area contributed by atoms with Crippen LogP contribution in [0.1, 0.15) is 42.2 Å². The monoisotopic (exact) mass is 362 g/mol. The van der Waals surface area contributed by atoms with E-state index in [0.29, 0.717) is 12.2 Å². The maximum absolute atomic E-state index is 12.5. The van der Waals surface area contributed by atoms with Gasteiger partial charge in [0.25, 0.3) is 0 Å². The van der Waals surface area contributed by atoms with E-state index >= 15 is 0 Å². The Morgan fingerprint density at radius 1 is 1.36 bits per heavy atom. The molecule has 2 aromatic heterocycles. The van der Waals surface area contributed by atoms with E-state index in [-0.39, 0.29) is 5.97 Å². The Labute approximate surface area is 153 Å². The predicted molar refractivity (Wildman–Crippen MR) is 100 cm³/mol. The molecule has 6 nitrogen and oxygen atoms in total. The van der Waals surface area contributed by atoms with Gasteiger partial charge >= 0.3 is 5.97 Å². The molecule has 1 aliphatic heterocycles. The highest BCUT2D eigenvalue weighted by Gasteiger charge is 2.28. The molecule has 0 atom stereocenters. The van der Waals surface area contributed by atoms with Gasteiger partial charge in [-0.2, -0.15) is 0 Å². The number of ether oxygens (including phenoxy) is 1. The zero-order chi connectivity index (χ0) is 17.8. The minimum absolute atomic E-state index is 0.259. The normalized spacial score (nSPS) is 14.1. The van der Waals surface area contributed by atoms with E-state index in [1.165, 1.54) is 0 Å². The Balaban J connectivity index is 1.98. The van der Waals surface area contributed by atoms with Gasteiger partial charge in [-0.15, -0.1) is 11.8 Å². The number of carbonyl (C=O) groups excluding carboxylic acids is 1. The molecule has 0 aromatic carbocycles. The number of aryl methyl sites for hydroxylation is 1. The summed E-state index contributed by atoms with van der Waals surface area (Å²) in [6, 6.07) is 0. The van der Waals surface area contributed by atoms with Crippen LogP contribution in [0.5, 0.6) is 0 Å². The van der Waals surface area contributed by atoms with Crippen molar-refractivity contribution in [2.24, 2.45) is 0 Å².